The van der Waals surface area contributed by atoms with E-state index in [2.05, 4.69) is 15.6 Å². The fourth-order valence-corrected chi connectivity index (χ4v) is 3.92. The summed E-state index contributed by atoms with van der Waals surface area (Å²) in [7, 11) is 2.88. The number of anilines is 1. The maximum Gasteiger partial charge on any atom is 0.328 e. The van der Waals surface area contributed by atoms with E-state index in [0.717, 1.165) is 23.6 Å². The summed E-state index contributed by atoms with van der Waals surface area (Å²) in [5.74, 6) is 1.04. The number of esters is 1. The molecule has 0 bridgehead atoms. The zero-order valence-electron chi connectivity index (χ0n) is 19.9. The minimum Gasteiger partial charge on any atom is -0.497 e. The third kappa shape index (κ3) is 7.76. The molecule has 1 amide bonds. The van der Waals surface area contributed by atoms with Gasteiger partial charge in [0.05, 0.1) is 36.4 Å². The predicted molar refractivity (Wildman–Crippen MR) is 139 cm³/mol. The quantitative estimate of drug-likeness (QED) is 0.256. The molecule has 190 valence electrons. The normalized spacial score (nSPS) is 11.3. The average molecular weight is 532 g/mol. The molecule has 1 aromatic heterocycles. The summed E-state index contributed by atoms with van der Waals surface area (Å²) in [6.07, 6.45) is 2.67. The first kappa shape index (κ1) is 27.1. The molecular weight excluding hydrogens is 505 g/mol. The summed E-state index contributed by atoms with van der Waals surface area (Å²) in [4.78, 5) is 29.3. The lowest BCUT2D eigenvalue weighted by atomic mass is 10.0. The molecule has 0 aliphatic carbocycles. The van der Waals surface area contributed by atoms with Crippen molar-refractivity contribution >= 4 is 40.9 Å². The standard InChI is InChI=1S/C26H27Cl2N3O5/c1-34-19-11-13-30-23(16-19)29-12-4-14-36-18-9-7-17(8-10-18)15-22(26(33)35-2)31-25(32)24-20(27)5-3-6-21(24)28/h3,5-11,13,16,22H,4,12,14-15H2,1-2H3,(H,29,30)(H,31,32)/t22-/m0/s1. The first-order chi connectivity index (χ1) is 17.4. The molecule has 3 aromatic rings. The molecule has 36 heavy (non-hydrogen) atoms. The SMILES string of the molecule is COC(=O)[C@H](Cc1ccc(OCCCNc2cc(OC)ccn2)cc1)NC(=O)c1c(Cl)cccc1Cl. The number of aromatic nitrogens is 1. The van der Waals surface area contributed by atoms with Crippen molar-refractivity contribution in [3.63, 3.8) is 0 Å². The van der Waals surface area contributed by atoms with Crippen LogP contribution < -0.4 is 20.1 Å². The number of pyridine rings is 1. The molecule has 0 aliphatic rings. The van der Waals surface area contributed by atoms with Crippen LogP contribution in [0, 0.1) is 0 Å². The predicted octanol–water partition coefficient (Wildman–Crippen LogP) is 4.79. The second-order valence-corrected chi connectivity index (χ2v) is 8.52. The molecular formula is C26H27Cl2N3O5. The molecule has 1 heterocycles. The van der Waals surface area contributed by atoms with E-state index in [9.17, 15) is 9.59 Å². The van der Waals surface area contributed by atoms with Crippen LogP contribution in [0.1, 0.15) is 22.3 Å². The van der Waals surface area contributed by atoms with Crippen LogP contribution in [-0.4, -0.2) is 50.3 Å². The summed E-state index contributed by atoms with van der Waals surface area (Å²) in [6.45, 7) is 1.20. The van der Waals surface area contributed by atoms with Gasteiger partial charge < -0.3 is 24.8 Å². The topological polar surface area (TPSA) is 98.8 Å². The number of nitrogens with zero attached hydrogens (tertiary/aromatic N) is 1. The molecule has 3 rings (SSSR count). The molecule has 0 unspecified atom stereocenters. The summed E-state index contributed by atoms with van der Waals surface area (Å²) in [5, 5.41) is 6.27. The van der Waals surface area contributed by atoms with Crippen LogP contribution in [-0.2, 0) is 16.0 Å². The van der Waals surface area contributed by atoms with Crippen molar-refractivity contribution in [3.05, 3.63) is 82.0 Å². The molecule has 2 N–H and O–H groups in total. The van der Waals surface area contributed by atoms with Crippen LogP contribution in [0.25, 0.3) is 0 Å². The van der Waals surface area contributed by atoms with Crippen molar-refractivity contribution in [3.8, 4) is 11.5 Å². The third-order valence-corrected chi connectivity index (χ3v) is 5.84. The number of amides is 1. The number of ether oxygens (including phenoxy) is 3. The summed E-state index contributed by atoms with van der Waals surface area (Å²) in [5.41, 5.74) is 0.921. The van der Waals surface area contributed by atoms with Gasteiger partial charge in [-0.05, 0) is 42.3 Å². The van der Waals surface area contributed by atoms with Gasteiger partial charge in [-0.3, -0.25) is 4.79 Å². The second-order valence-electron chi connectivity index (χ2n) is 7.70. The van der Waals surface area contributed by atoms with Gasteiger partial charge in [-0.1, -0.05) is 41.4 Å². The first-order valence-electron chi connectivity index (χ1n) is 11.2. The van der Waals surface area contributed by atoms with Gasteiger partial charge in [0, 0.05) is 25.2 Å². The van der Waals surface area contributed by atoms with E-state index in [1.54, 1.807) is 37.6 Å². The lowest BCUT2D eigenvalue weighted by Gasteiger charge is -2.18. The number of methoxy groups -OCH3 is 2. The number of carbonyl (C=O) groups excluding carboxylic acids is 2. The van der Waals surface area contributed by atoms with Crippen LogP contribution >= 0.6 is 23.2 Å². The van der Waals surface area contributed by atoms with Crippen molar-refractivity contribution in [1.29, 1.82) is 0 Å². The lowest BCUT2D eigenvalue weighted by Crippen LogP contribution is -2.43. The highest BCUT2D eigenvalue weighted by atomic mass is 35.5. The zero-order chi connectivity index (χ0) is 25.9. The number of halogens is 2. The van der Waals surface area contributed by atoms with Crippen LogP contribution in [0.3, 0.4) is 0 Å². The molecule has 0 spiro atoms. The van der Waals surface area contributed by atoms with Crippen molar-refractivity contribution in [2.75, 3.05) is 32.7 Å². The lowest BCUT2D eigenvalue weighted by molar-refractivity contribution is -0.142. The molecule has 0 aliphatic heterocycles. The van der Waals surface area contributed by atoms with Gasteiger partial charge in [0.25, 0.3) is 5.91 Å². The fraction of sp³-hybridized carbons (Fsp3) is 0.269. The Morgan fingerprint density at radius 2 is 1.72 bits per heavy atom. The van der Waals surface area contributed by atoms with Gasteiger partial charge in [-0.2, -0.15) is 0 Å². The monoisotopic (exact) mass is 531 g/mol. The number of nitrogens with one attached hydrogen (secondary N) is 2. The van der Waals surface area contributed by atoms with Gasteiger partial charge in [0.2, 0.25) is 0 Å². The van der Waals surface area contributed by atoms with Gasteiger partial charge in [-0.15, -0.1) is 0 Å². The number of rotatable bonds is 12. The number of hydrogen-bond donors (Lipinski definition) is 2. The van der Waals surface area contributed by atoms with Gasteiger partial charge >= 0.3 is 5.97 Å². The highest BCUT2D eigenvalue weighted by Gasteiger charge is 2.25. The maximum atomic E-state index is 12.7. The van der Waals surface area contributed by atoms with E-state index >= 15 is 0 Å². The summed E-state index contributed by atoms with van der Waals surface area (Å²) in [6, 6.07) is 14.7. The Morgan fingerprint density at radius 1 is 1.00 bits per heavy atom. The first-order valence-corrected chi connectivity index (χ1v) is 11.9. The molecule has 8 nitrogen and oxygen atoms in total. The van der Waals surface area contributed by atoms with Crippen LogP contribution in [0.4, 0.5) is 5.82 Å². The molecule has 10 heteroatoms. The van der Waals surface area contributed by atoms with E-state index in [-0.39, 0.29) is 22.0 Å². The van der Waals surface area contributed by atoms with Crippen LogP contribution in [0.5, 0.6) is 11.5 Å². The van der Waals surface area contributed by atoms with E-state index in [1.165, 1.54) is 7.11 Å². The van der Waals surface area contributed by atoms with E-state index in [0.29, 0.717) is 18.9 Å². The van der Waals surface area contributed by atoms with Crippen molar-refractivity contribution in [2.45, 2.75) is 18.9 Å². The Kier molecular flexibility index (Phi) is 10.2. The highest BCUT2D eigenvalue weighted by Crippen LogP contribution is 2.24. The summed E-state index contributed by atoms with van der Waals surface area (Å²) < 4.78 is 15.8. The van der Waals surface area contributed by atoms with E-state index < -0.39 is 17.9 Å². The van der Waals surface area contributed by atoms with Gasteiger partial charge in [0.15, 0.2) is 0 Å². The van der Waals surface area contributed by atoms with Gasteiger partial charge in [-0.25, -0.2) is 9.78 Å². The molecule has 0 radical (unpaired) electrons. The molecule has 0 fully saturated rings. The Labute approximate surface area is 219 Å². The molecule has 2 aromatic carbocycles. The number of hydrogen-bond acceptors (Lipinski definition) is 7. The van der Waals surface area contributed by atoms with Crippen molar-refractivity contribution in [2.24, 2.45) is 0 Å². The fourth-order valence-electron chi connectivity index (χ4n) is 3.35. The average Bonchev–Trinajstić information content (AvgIpc) is 2.88. The largest absolute Gasteiger partial charge is 0.497 e. The summed E-state index contributed by atoms with van der Waals surface area (Å²) >= 11 is 12.2. The Hall–Kier alpha value is -3.49. The molecule has 1 atom stereocenters. The van der Waals surface area contributed by atoms with Gasteiger partial charge in [0.1, 0.15) is 23.4 Å². The van der Waals surface area contributed by atoms with Crippen LogP contribution in [0.2, 0.25) is 10.0 Å². The second kappa shape index (κ2) is 13.6. The van der Waals surface area contributed by atoms with E-state index in [1.807, 2.05) is 30.3 Å². The molecule has 0 saturated heterocycles. The van der Waals surface area contributed by atoms with E-state index in [4.69, 9.17) is 37.4 Å². The smallest absolute Gasteiger partial charge is 0.328 e. The zero-order valence-corrected chi connectivity index (χ0v) is 21.4. The molecule has 0 saturated carbocycles. The highest BCUT2D eigenvalue weighted by molar-refractivity contribution is 6.39. The third-order valence-electron chi connectivity index (χ3n) is 5.21. The Balaban J connectivity index is 1.50. The minimum absolute atomic E-state index is 0.107. The minimum atomic E-state index is -0.919. The Bertz CT molecular complexity index is 1150. The van der Waals surface area contributed by atoms with Crippen molar-refractivity contribution < 1.29 is 23.8 Å². The maximum absolute atomic E-state index is 12.7. The van der Waals surface area contributed by atoms with Crippen molar-refractivity contribution in [1.82, 2.24) is 10.3 Å². The van der Waals surface area contributed by atoms with Crippen LogP contribution in [0.15, 0.2) is 60.8 Å². The number of benzene rings is 2. The number of carbonyl (C=O) groups is 2. The Morgan fingerprint density at radius 3 is 2.39 bits per heavy atom.